The van der Waals surface area contributed by atoms with E-state index < -0.39 is 0 Å². The molecule has 1 amide bonds. The molecular formula is C21H26N2O2. The predicted octanol–water partition coefficient (Wildman–Crippen LogP) is 4.13. The molecule has 0 aromatic heterocycles. The molecule has 0 radical (unpaired) electrons. The molecular weight excluding hydrogens is 312 g/mol. The van der Waals surface area contributed by atoms with Gasteiger partial charge in [0.15, 0.2) is 0 Å². The van der Waals surface area contributed by atoms with Gasteiger partial charge in [0.2, 0.25) is 5.91 Å². The summed E-state index contributed by atoms with van der Waals surface area (Å²) in [6.07, 6.45) is 5.60. The molecule has 3 rings (SSSR count). The molecule has 132 valence electrons. The average molecular weight is 338 g/mol. The summed E-state index contributed by atoms with van der Waals surface area (Å²) in [7, 11) is 0. The summed E-state index contributed by atoms with van der Waals surface area (Å²) in [6, 6.07) is 18.2. The van der Waals surface area contributed by atoms with Gasteiger partial charge in [-0.05, 0) is 42.7 Å². The van der Waals surface area contributed by atoms with Crippen molar-refractivity contribution in [3.8, 4) is 5.75 Å². The fourth-order valence-electron chi connectivity index (χ4n) is 3.12. The van der Waals surface area contributed by atoms with Crippen molar-refractivity contribution in [2.75, 3.05) is 11.9 Å². The van der Waals surface area contributed by atoms with Gasteiger partial charge < -0.3 is 15.4 Å². The molecule has 1 saturated carbocycles. The van der Waals surface area contributed by atoms with Crippen LogP contribution in [0.2, 0.25) is 0 Å². The summed E-state index contributed by atoms with van der Waals surface area (Å²) in [5.74, 6) is 0.841. The summed E-state index contributed by atoms with van der Waals surface area (Å²) < 4.78 is 5.75. The van der Waals surface area contributed by atoms with E-state index in [0.29, 0.717) is 19.1 Å². The zero-order chi connectivity index (χ0) is 17.3. The van der Waals surface area contributed by atoms with E-state index in [1.807, 2.05) is 54.6 Å². The number of ether oxygens (including phenoxy) is 1. The van der Waals surface area contributed by atoms with Crippen LogP contribution in [-0.2, 0) is 11.4 Å². The minimum atomic E-state index is 0.0449. The minimum absolute atomic E-state index is 0.0449. The number of benzene rings is 2. The van der Waals surface area contributed by atoms with E-state index in [1.165, 1.54) is 25.7 Å². The maximum absolute atomic E-state index is 12.0. The fourth-order valence-corrected chi connectivity index (χ4v) is 3.12. The number of carbonyl (C=O) groups is 1. The van der Waals surface area contributed by atoms with Crippen molar-refractivity contribution in [1.29, 1.82) is 0 Å². The van der Waals surface area contributed by atoms with E-state index in [0.717, 1.165) is 23.5 Å². The first-order valence-electron chi connectivity index (χ1n) is 9.09. The number of hydrogen-bond acceptors (Lipinski definition) is 3. The number of anilines is 1. The molecule has 0 bridgehead atoms. The summed E-state index contributed by atoms with van der Waals surface area (Å²) in [4.78, 5) is 12.0. The molecule has 0 atom stereocenters. The number of carbonyl (C=O) groups excluding carboxylic acids is 1. The first-order chi connectivity index (χ1) is 12.3. The second-order valence-corrected chi connectivity index (χ2v) is 6.53. The largest absolute Gasteiger partial charge is 0.489 e. The van der Waals surface area contributed by atoms with Crippen molar-refractivity contribution in [2.24, 2.45) is 0 Å². The van der Waals surface area contributed by atoms with E-state index in [1.54, 1.807) is 0 Å². The van der Waals surface area contributed by atoms with Crippen LogP contribution in [0, 0.1) is 0 Å². The Balaban J connectivity index is 1.38. The van der Waals surface area contributed by atoms with Crippen LogP contribution in [-0.4, -0.2) is 18.5 Å². The SMILES string of the molecule is O=C(CCNC1CCCC1)Nc1ccc(OCc2ccccc2)cc1. The fraction of sp³-hybridized carbons (Fsp3) is 0.381. The highest BCUT2D eigenvalue weighted by molar-refractivity contribution is 5.90. The molecule has 1 aliphatic carbocycles. The molecule has 2 aromatic carbocycles. The first-order valence-corrected chi connectivity index (χ1v) is 9.09. The van der Waals surface area contributed by atoms with Gasteiger partial charge in [-0.3, -0.25) is 4.79 Å². The smallest absolute Gasteiger partial charge is 0.225 e. The van der Waals surface area contributed by atoms with Gasteiger partial charge in [0.1, 0.15) is 12.4 Å². The van der Waals surface area contributed by atoms with E-state index in [-0.39, 0.29) is 5.91 Å². The van der Waals surface area contributed by atoms with Crippen molar-refractivity contribution in [1.82, 2.24) is 5.32 Å². The molecule has 1 fully saturated rings. The standard InChI is InChI=1S/C21H26N2O2/c24-21(14-15-22-18-8-4-5-9-18)23-19-10-12-20(13-11-19)25-16-17-6-2-1-3-7-17/h1-3,6-7,10-13,18,22H,4-5,8-9,14-16H2,(H,23,24). The van der Waals surface area contributed by atoms with Gasteiger partial charge in [-0.25, -0.2) is 0 Å². The molecule has 1 aliphatic rings. The van der Waals surface area contributed by atoms with Crippen molar-refractivity contribution in [3.05, 3.63) is 60.2 Å². The topological polar surface area (TPSA) is 50.4 Å². The summed E-state index contributed by atoms with van der Waals surface area (Å²) in [5, 5.41) is 6.39. The number of hydrogen-bond donors (Lipinski definition) is 2. The molecule has 0 saturated heterocycles. The van der Waals surface area contributed by atoms with Gasteiger partial charge in [-0.2, -0.15) is 0 Å². The predicted molar refractivity (Wildman–Crippen MR) is 101 cm³/mol. The lowest BCUT2D eigenvalue weighted by atomic mass is 10.2. The molecule has 25 heavy (non-hydrogen) atoms. The van der Waals surface area contributed by atoms with E-state index in [4.69, 9.17) is 4.74 Å². The lowest BCUT2D eigenvalue weighted by Gasteiger charge is -2.12. The summed E-state index contributed by atoms with van der Waals surface area (Å²) >= 11 is 0. The Bertz CT molecular complexity index is 649. The van der Waals surface area contributed by atoms with Gasteiger partial charge in [-0.15, -0.1) is 0 Å². The lowest BCUT2D eigenvalue weighted by molar-refractivity contribution is -0.116. The second kappa shape index (κ2) is 9.23. The Labute approximate surface area is 149 Å². The van der Waals surface area contributed by atoms with Crippen molar-refractivity contribution in [2.45, 2.75) is 44.8 Å². The highest BCUT2D eigenvalue weighted by Crippen LogP contribution is 2.18. The Morgan fingerprint density at radius 1 is 1.00 bits per heavy atom. The number of rotatable bonds is 8. The maximum atomic E-state index is 12.0. The van der Waals surface area contributed by atoms with Crippen LogP contribution >= 0.6 is 0 Å². The molecule has 2 aromatic rings. The van der Waals surface area contributed by atoms with Crippen molar-refractivity contribution < 1.29 is 9.53 Å². The molecule has 2 N–H and O–H groups in total. The monoisotopic (exact) mass is 338 g/mol. The molecule has 0 heterocycles. The zero-order valence-electron chi connectivity index (χ0n) is 14.5. The molecule has 4 heteroatoms. The Morgan fingerprint density at radius 2 is 1.72 bits per heavy atom. The highest BCUT2D eigenvalue weighted by atomic mass is 16.5. The molecule has 0 unspecified atom stereocenters. The summed E-state index contributed by atoms with van der Waals surface area (Å²) in [5.41, 5.74) is 1.94. The van der Waals surface area contributed by atoms with E-state index >= 15 is 0 Å². The zero-order valence-corrected chi connectivity index (χ0v) is 14.5. The van der Waals surface area contributed by atoms with Gasteiger partial charge in [0.25, 0.3) is 0 Å². The van der Waals surface area contributed by atoms with Crippen LogP contribution in [0.4, 0.5) is 5.69 Å². The molecule has 0 spiro atoms. The van der Waals surface area contributed by atoms with Crippen LogP contribution in [0.25, 0.3) is 0 Å². The second-order valence-electron chi connectivity index (χ2n) is 6.53. The van der Waals surface area contributed by atoms with Gasteiger partial charge >= 0.3 is 0 Å². The third-order valence-corrected chi connectivity index (χ3v) is 4.53. The third-order valence-electron chi connectivity index (χ3n) is 4.53. The minimum Gasteiger partial charge on any atom is -0.489 e. The summed E-state index contributed by atoms with van der Waals surface area (Å²) in [6.45, 7) is 1.29. The van der Waals surface area contributed by atoms with Crippen molar-refractivity contribution in [3.63, 3.8) is 0 Å². The lowest BCUT2D eigenvalue weighted by Crippen LogP contribution is -2.29. The van der Waals surface area contributed by atoms with Crippen LogP contribution in [0.5, 0.6) is 5.75 Å². The van der Waals surface area contributed by atoms with Crippen LogP contribution < -0.4 is 15.4 Å². The van der Waals surface area contributed by atoms with Crippen LogP contribution in [0.15, 0.2) is 54.6 Å². The van der Waals surface area contributed by atoms with E-state index in [9.17, 15) is 4.79 Å². The van der Waals surface area contributed by atoms with Gasteiger partial charge in [0.05, 0.1) is 0 Å². The van der Waals surface area contributed by atoms with Gasteiger partial charge in [-0.1, -0.05) is 43.2 Å². The number of amides is 1. The molecule has 4 nitrogen and oxygen atoms in total. The Hall–Kier alpha value is -2.33. The normalized spacial score (nSPS) is 14.4. The first kappa shape index (κ1) is 17.5. The van der Waals surface area contributed by atoms with E-state index in [2.05, 4.69) is 10.6 Å². The third kappa shape index (κ3) is 5.91. The Kier molecular flexibility index (Phi) is 6.46. The quantitative estimate of drug-likeness (QED) is 0.761. The maximum Gasteiger partial charge on any atom is 0.225 e. The average Bonchev–Trinajstić information content (AvgIpc) is 3.15. The molecule has 0 aliphatic heterocycles. The Morgan fingerprint density at radius 3 is 2.44 bits per heavy atom. The van der Waals surface area contributed by atoms with Crippen LogP contribution in [0.3, 0.4) is 0 Å². The van der Waals surface area contributed by atoms with Crippen LogP contribution in [0.1, 0.15) is 37.7 Å². The highest BCUT2D eigenvalue weighted by Gasteiger charge is 2.14. The van der Waals surface area contributed by atoms with Gasteiger partial charge in [0, 0.05) is 24.7 Å². The number of nitrogens with one attached hydrogen (secondary N) is 2. The van der Waals surface area contributed by atoms with Crippen molar-refractivity contribution >= 4 is 11.6 Å².